The first-order valence-electron chi connectivity index (χ1n) is 37.7. The summed E-state index contributed by atoms with van der Waals surface area (Å²) in [4.78, 5) is 160. The number of methoxy groups -OCH3 is 2. The molecule has 0 aliphatic carbocycles. The molecule has 0 aromatic carbocycles. The second kappa shape index (κ2) is 78.4. The molecule has 4 saturated heterocycles. The van der Waals surface area contributed by atoms with E-state index in [0.717, 1.165) is 0 Å². The Balaban J connectivity index is -0.000000200. The van der Waals surface area contributed by atoms with Crippen LogP contribution in [0.5, 0.6) is 0 Å². The number of nitrogens with one attached hydrogen (secondary N) is 7. The minimum Gasteiger partial charge on any atom is -0.691 e. The Kier molecular flexibility index (Phi) is 86.6. The van der Waals surface area contributed by atoms with Crippen molar-refractivity contribution in [3.63, 3.8) is 0 Å². The van der Waals surface area contributed by atoms with E-state index in [1.807, 2.05) is 0 Å². The number of hydrogen-bond donors (Lipinski definition) is 18. The number of carboxylic acid groups (broad SMARTS) is 5. The summed E-state index contributed by atoms with van der Waals surface area (Å²) in [5.74, 6) is -17.2. The van der Waals surface area contributed by atoms with Gasteiger partial charge in [-0.25, -0.2) is 33.6 Å². The Morgan fingerprint density at radius 1 is 0.485 bits per heavy atom. The van der Waals surface area contributed by atoms with Gasteiger partial charge in [-0.15, -0.1) is 8.67 Å². The van der Waals surface area contributed by atoms with Gasteiger partial charge in [-0.1, -0.05) is 13.8 Å². The Labute approximate surface area is 799 Å². The zero-order valence-corrected chi connectivity index (χ0v) is 81.3. The van der Waals surface area contributed by atoms with Gasteiger partial charge in [0.2, 0.25) is 53.6 Å². The Bertz CT molecular complexity index is 3210. The number of nitrogens with two attached hydrogens (primary N) is 1. The SMILES string of the molecule is CCOC(=O)C(NC(=O)CNC(=O)OC(C)(C)C)C(=O)OCC.CC[C@@H]1C(C(=O)NCC(=O)NC(C(=O)O)C(=O)O)O[C@@H](COCCC[C@H]2C(NC(C)=O)[C@H](COC)OC(CO)[C@@H]2OSOO[O-])C(O)[C@@H]1O.CC[C@@H]1C(C(=O)[O-])O[C@@H](COCCC[C@H]2C(NC(C)=O)[C@H](COC)OC(CO)[C@@H]2OSOO[O-])C(O)[C@@H]1O.NCC(=O)NC(C(=O)O)C(=O)O.O.O.O.O.[CH3-].[CH3-].[CH3-].[CH3-].[Pt+2].[Pt+2]. The summed E-state index contributed by atoms with van der Waals surface area (Å²) in [5, 5.41) is 151. The summed E-state index contributed by atoms with van der Waals surface area (Å²) < 4.78 is 78.6. The van der Waals surface area contributed by atoms with Crippen LogP contribution in [0.15, 0.2) is 0 Å². The molecule has 4 aliphatic heterocycles. The number of carboxylic acids is 5. The quantitative estimate of drug-likeness (QED) is 0.00393. The van der Waals surface area contributed by atoms with E-state index in [9.17, 15) is 113 Å². The van der Waals surface area contributed by atoms with Gasteiger partial charge in [0.15, 0.2) is 24.6 Å². The first-order valence-corrected chi connectivity index (χ1v) is 39.0. The van der Waals surface area contributed by atoms with E-state index in [-0.39, 0.29) is 196 Å². The molecule has 8 unspecified atom stereocenters. The molecule has 4 heterocycles. The molecule has 7 amide bonds. The van der Waals surface area contributed by atoms with Crippen molar-refractivity contribution in [3.05, 3.63) is 29.7 Å². The van der Waals surface area contributed by atoms with Crippen molar-refractivity contribution in [2.75, 3.05) is 99.9 Å². The van der Waals surface area contributed by atoms with Crippen molar-refractivity contribution in [2.45, 2.75) is 222 Å². The van der Waals surface area contributed by atoms with Crippen LogP contribution in [0.4, 0.5) is 4.79 Å². The molecule has 132 heavy (non-hydrogen) atoms. The third kappa shape index (κ3) is 52.1. The number of hydrogen-bond acceptors (Lipinski definition) is 43. The van der Waals surface area contributed by atoms with E-state index < -0.39 is 249 Å². The fourth-order valence-electron chi connectivity index (χ4n) is 12.6. The molecule has 4 aliphatic rings. The average molecular weight is 2330 g/mol. The van der Waals surface area contributed by atoms with Gasteiger partial charge < -0.3 is 218 Å². The molecule has 0 aromatic rings. The molecule has 0 aromatic heterocycles. The van der Waals surface area contributed by atoms with E-state index in [0.29, 0.717) is 25.7 Å². The molecular formula is C72H133N8O48Pt2S2-3. The van der Waals surface area contributed by atoms with Gasteiger partial charge >= 0.3 is 84.0 Å². The second-order valence-electron chi connectivity index (χ2n) is 27.7. The first kappa shape index (κ1) is 146. The minimum atomic E-state index is -2.23. The van der Waals surface area contributed by atoms with Crippen LogP contribution in [-0.2, 0) is 184 Å². The maximum Gasteiger partial charge on any atom is 2.00 e. The number of esters is 2. The summed E-state index contributed by atoms with van der Waals surface area (Å²) in [7, 11) is 2.91. The Morgan fingerprint density at radius 3 is 1.14 bits per heavy atom. The van der Waals surface area contributed by atoms with Gasteiger partial charge in [-0.2, -0.15) is 0 Å². The molecule has 60 heteroatoms. The first-order chi connectivity index (χ1) is 57.6. The van der Waals surface area contributed by atoms with Gasteiger partial charge in [0.1, 0.15) is 85.4 Å². The largest absolute Gasteiger partial charge is 2.00 e. The standard InChI is InChI=1S/C27H45N3O18S.C22H39NO14S.C14H24N2O7.C5H8N2O5.4CH3.4H2O.2Pt/c1-4-13-21(34)22(35)17(45-24(13)25(36)28-8-18(33)30-20(26(37)38)27(39)40)11-43-7-5-6-14-19(29-12(2)32)16(10-42-3)44-15(9-31)23(14)46-49-48-47-41;1-4-12-18(26)19(27)16(34-21(12)22(28)29)10-32-7-5-6-13-17(23-11(2)25)15(9-31-3)33-14(8-24)20(13)35-38-37-36-30;1-6-21-11(18)10(12(19)22-7-2)16-9(17)8-15-13(20)23-14(3,4)5;6-1-2(8)7-3(4(9)10)5(11)12;;;;;;;;;;/h13-17,19-24,31,34-35,41H,4-11H2,1-3H3,(H,28,36)(H,29,32)(H,30,33)(H,37,38)(H,39,40);12-21,24,26-27,30H,4-10H2,1-3H3,(H,23,25)(H,28,29);10H,6-8H2,1-5H3,(H,15,20)(H,16,17);3H,1,6H2,(H,7,8)(H,9,10)(H,11,12);4*1H3;4*1H2;;/q;;;;4*-1;;;;;2*+2/p-3/t13-,14-,15?,16-,17-,19?,21+,22?,23+,24?;12-,13-,14?,15-,16-,17?,18+,19?,20+,21?;;;;;;;;;;;;/m00............/s1. The summed E-state index contributed by atoms with van der Waals surface area (Å²) in [5.41, 5.74) is 4.11. The van der Waals surface area contributed by atoms with Crippen molar-refractivity contribution in [1.29, 1.82) is 0 Å². The summed E-state index contributed by atoms with van der Waals surface area (Å²) in [6.07, 6.45) is -14.2. The molecule has 0 bridgehead atoms. The predicted octanol–water partition coefficient (Wildman–Crippen LogP) is -11.3. The van der Waals surface area contributed by atoms with Crippen molar-refractivity contribution < 1.29 is 277 Å². The Morgan fingerprint density at radius 2 is 0.833 bits per heavy atom. The molecule has 4 rings (SSSR count). The molecule has 4 fully saturated rings. The van der Waals surface area contributed by atoms with Gasteiger partial charge in [0.05, 0.1) is 96.2 Å². The van der Waals surface area contributed by atoms with Crippen LogP contribution in [0.3, 0.4) is 0 Å². The fourth-order valence-corrected chi connectivity index (χ4v) is 13.4. The molecule has 27 N–H and O–H groups in total. The summed E-state index contributed by atoms with van der Waals surface area (Å²) >= 11 is 0.487. The van der Waals surface area contributed by atoms with E-state index >= 15 is 0 Å². The van der Waals surface area contributed by atoms with Crippen LogP contribution in [0.1, 0.15) is 101 Å². The van der Waals surface area contributed by atoms with E-state index in [1.165, 1.54) is 28.1 Å². The maximum atomic E-state index is 12.9. The monoisotopic (exact) mass is 2330 g/mol. The smallest absolute Gasteiger partial charge is 0.691 e. The number of aliphatic carboxylic acids is 5. The average Bonchev–Trinajstić information content (AvgIpc) is 0.792. The summed E-state index contributed by atoms with van der Waals surface area (Å²) in [6, 6.07) is -7.00. The van der Waals surface area contributed by atoms with Crippen molar-refractivity contribution >= 4 is 108 Å². The molecular weight excluding hydrogens is 2200 g/mol. The number of aliphatic hydroxyl groups is 6. The van der Waals surface area contributed by atoms with Gasteiger partial charge in [0.25, 0.3) is 0 Å². The topological polar surface area (TPSA) is 904 Å². The van der Waals surface area contributed by atoms with Crippen LogP contribution in [-0.4, -0.2) is 377 Å². The van der Waals surface area contributed by atoms with Gasteiger partial charge in [0, 0.05) is 65.0 Å². The molecule has 0 saturated carbocycles. The van der Waals surface area contributed by atoms with Crippen LogP contribution < -0.4 is 58.6 Å². The fraction of sp³-hybridized carbons (Fsp3) is 0.750. The van der Waals surface area contributed by atoms with Crippen molar-refractivity contribution in [2.24, 2.45) is 29.4 Å². The summed E-state index contributed by atoms with van der Waals surface area (Å²) in [6.45, 7) is 11.5. The molecule has 20 atom stereocenters. The number of aliphatic hydroxyl groups excluding tert-OH is 6. The molecule has 784 valence electrons. The van der Waals surface area contributed by atoms with E-state index in [2.05, 4.69) is 45.3 Å². The van der Waals surface area contributed by atoms with Gasteiger partial charge in [-0.3, -0.25) is 47.2 Å². The van der Waals surface area contributed by atoms with Crippen LogP contribution >= 0.6 is 24.6 Å². The second-order valence-corrected chi connectivity index (χ2v) is 28.6. The Hall–Kier alpha value is -6.62. The zero-order valence-electron chi connectivity index (χ0n) is 75.1. The van der Waals surface area contributed by atoms with E-state index in [1.54, 1.807) is 59.1 Å². The van der Waals surface area contributed by atoms with E-state index in [4.69, 9.17) is 86.6 Å². The number of carbonyl (C=O) groups excluding carboxylic acids is 10. The number of ether oxygens (including phenoxy) is 11. The normalized spacial score (nSPS) is 24.1. The zero-order chi connectivity index (χ0) is 92.7. The number of alkyl carbamates (subject to hydrolysis) is 1. The molecule has 0 radical (unpaired) electrons. The van der Waals surface area contributed by atoms with Gasteiger partial charge in [-0.05, 0) is 73.1 Å². The van der Waals surface area contributed by atoms with Crippen LogP contribution in [0.25, 0.3) is 0 Å². The van der Waals surface area contributed by atoms with Crippen molar-refractivity contribution in [1.82, 2.24) is 37.2 Å². The third-order valence-electron chi connectivity index (χ3n) is 17.9. The predicted molar refractivity (Wildman–Crippen MR) is 437 cm³/mol. The van der Waals surface area contributed by atoms with Crippen LogP contribution in [0.2, 0.25) is 0 Å². The van der Waals surface area contributed by atoms with Crippen molar-refractivity contribution in [3.8, 4) is 0 Å². The third-order valence-corrected chi connectivity index (χ3v) is 18.8. The maximum absolute atomic E-state index is 12.9. The number of rotatable bonds is 48. The number of carbonyl (C=O) groups is 14. The van der Waals surface area contributed by atoms with Crippen LogP contribution in [0, 0.1) is 53.4 Å². The molecule has 56 nitrogen and oxygen atoms in total. The minimum absolute atomic E-state index is 0. The molecule has 0 spiro atoms. The number of amides is 7.